The molecule has 1 aliphatic carbocycles. The van der Waals surface area contributed by atoms with Crippen LogP contribution in [0.4, 0.5) is 0 Å². The highest BCUT2D eigenvalue weighted by Crippen LogP contribution is 2.46. The maximum atomic E-state index is 13.5. The Morgan fingerprint density at radius 1 is 1.12 bits per heavy atom. The Bertz CT molecular complexity index is 1190. The summed E-state index contributed by atoms with van der Waals surface area (Å²) in [5.41, 5.74) is 1.14. The van der Waals surface area contributed by atoms with Crippen molar-refractivity contribution >= 4 is 9.84 Å². The summed E-state index contributed by atoms with van der Waals surface area (Å²) >= 11 is 0. The lowest BCUT2D eigenvalue weighted by Gasteiger charge is -2.23. The molecule has 0 unspecified atom stereocenters. The van der Waals surface area contributed by atoms with Gasteiger partial charge < -0.3 is 14.0 Å². The topological polar surface area (TPSA) is 122 Å². The van der Waals surface area contributed by atoms with E-state index < -0.39 is 21.2 Å². The summed E-state index contributed by atoms with van der Waals surface area (Å²) in [4.78, 5) is 12.9. The van der Waals surface area contributed by atoms with Crippen molar-refractivity contribution in [2.24, 2.45) is 0 Å². The summed E-state index contributed by atoms with van der Waals surface area (Å²) in [6.07, 6.45) is 5.85. The summed E-state index contributed by atoms with van der Waals surface area (Å²) in [6, 6.07) is 5.51. The molecule has 3 heterocycles. The minimum Gasteiger partial charge on any atom is -0.382 e. The van der Waals surface area contributed by atoms with Crippen LogP contribution in [-0.2, 0) is 30.6 Å². The standard InChI is InChI=1S/C22H28N6O4S/c1-15-11-24-20(25-12-15)19(32-4)16(2)33(29,30)13-18-26-27-21(17-7-5-6-10-23-17)28(18)22(8-9-22)14-31-3/h5-7,10-12,16,19H,8-9,13-14H2,1-4H3/t16-,19-/m0/s1. The molecular weight excluding hydrogens is 444 g/mol. The van der Waals surface area contributed by atoms with Crippen LogP contribution in [0.3, 0.4) is 0 Å². The largest absolute Gasteiger partial charge is 0.382 e. The third-order valence-electron chi connectivity index (χ3n) is 5.97. The molecule has 10 nitrogen and oxygen atoms in total. The SMILES string of the molecule is COCC1(n2c(CS(=O)(=O)[C@@H](C)[C@H](OC)c3ncc(C)cn3)nnc2-c2ccccn2)CC1. The summed E-state index contributed by atoms with van der Waals surface area (Å²) in [5.74, 6) is 0.920. The first-order valence-corrected chi connectivity index (χ1v) is 12.4. The van der Waals surface area contributed by atoms with E-state index in [1.807, 2.05) is 29.7 Å². The van der Waals surface area contributed by atoms with Crippen molar-refractivity contribution < 1.29 is 17.9 Å². The molecule has 2 atom stereocenters. The molecule has 1 fully saturated rings. The quantitative estimate of drug-likeness (QED) is 0.437. The molecule has 0 amide bonds. The van der Waals surface area contributed by atoms with Crippen LogP contribution in [-0.4, -0.2) is 64.2 Å². The van der Waals surface area contributed by atoms with Crippen molar-refractivity contribution in [3.05, 3.63) is 54.0 Å². The van der Waals surface area contributed by atoms with Gasteiger partial charge >= 0.3 is 0 Å². The number of ether oxygens (including phenoxy) is 2. The fraction of sp³-hybridized carbons (Fsp3) is 0.500. The van der Waals surface area contributed by atoms with Gasteiger partial charge in [0.2, 0.25) is 0 Å². The number of hydrogen-bond acceptors (Lipinski definition) is 9. The van der Waals surface area contributed by atoms with Crippen molar-refractivity contribution in [2.45, 2.75) is 49.3 Å². The van der Waals surface area contributed by atoms with Crippen LogP contribution in [0.25, 0.3) is 11.5 Å². The van der Waals surface area contributed by atoms with Crippen LogP contribution in [0, 0.1) is 6.92 Å². The van der Waals surface area contributed by atoms with Gasteiger partial charge in [0.25, 0.3) is 0 Å². The van der Waals surface area contributed by atoms with Gasteiger partial charge in [-0.25, -0.2) is 18.4 Å². The molecule has 3 aromatic heterocycles. The van der Waals surface area contributed by atoms with Crippen LogP contribution in [0.5, 0.6) is 0 Å². The van der Waals surface area contributed by atoms with Crippen LogP contribution in [0.2, 0.25) is 0 Å². The number of hydrogen-bond donors (Lipinski definition) is 0. The van der Waals surface area contributed by atoms with E-state index >= 15 is 0 Å². The molecule has 0 spiro atoms. The number of pyridine rings is 1. The third-order valence-corrected chi connectivity index (χ3v) is 8.01. The molecule has 11 heteroatoms. The van der Waals surface area contributed by atoms with Gasteiger partial charge in [0.05, 0.1) is 17.4 Å². The Hall–Kier alpha value is -2.76. The summed E-state index contributed by atoms with van der Waals surface area (Å²) in [6.45, 7) is 3.91. The second-order valence-corrected chi connectivity index (χ2v) is 10.8. The lowest BCUT2D eigenvalue weighted by atomic mass is 10.2. The number of aryl methyl sites for hydroxylation is 1. The van der Waals surface area contributed by atoms with E-state index in [9.17, 15) is 8.42 Å². The molecule has 0 N–H and O–H groups in total. The fourth-order valence-corrected chi connectivity index (χ4v) is 5.39. The number of nitrogens with zero attached hydrogens (tertiary/aromatic N) is 6. The van der Waals surface area contributed by atoms with Gasteiger partial charge in [-0.1, -0.05) is 6.07 Å². The average Bonchev–Trinajstić information content (AvgIpc) is 3.46. The normalized spacial score (nSPS) is 17.0. The highest BCUT2D eigenvalue weighted by atomic mass is 32.2. The van der Waals surface area contributed by atoms with E-state index in [4.69, 9.17) is 9.47 Å². The molecule has 1 aliphatic rings. The van der Waals surface area contributed by atoms with Crippen LogP contribution in [0.15, 0.2) is 36.8 Å². The second-order valence-electron chi connectivity index (χ2n) is 8.43. The lowest BCUT2D eigenvalue weighted by molar-refractivity contribution is 0.0947. The van der Waals surface area contributed by atoms with Crippen molar-refractivity contribution in [2.75, 3.05) is 20.8 Å². The predicted molar refractivity (Wildman–Crippen MR) is 121 cm³/mol. The first-order chi connectivity index (χ1) is 15.8. The molecule has 0 aromatic carbocycles. The Balaban J connectivity index is 1.69. The van der Waals surface area contributed by atoms with E-state index in [0.717, 1.165) is 18.4 Å². The van der Waals surface area contributed by atoms with Gasteiger partial charge in [0.15, 0.2) is 21.5 Å². The van der Waals surface area contributed by atoms with Crippen molar-refractivity contribution in [1.82, 2.24) is 29.7 Å². The third kappa shape index (κ3) is 4.66. The smallest absolute Gasteiger partial charge is 0.183 e. The zero-order chi connectivity index (χ0) is 23.6. The first kappa shape index (κ1) is 23.4. The molecular formula is C22H28N6O4S. The molecule has 0 aliphatic heterocycles. The van der Waals surface area contributed by atoms with Gasteiger partial charge in [0.1, 0.15) is 23.4 Å². The van der Waals surface area contributed by atoms with E-state index in [-0.39, 0.29) is 11.3 Å². The van der Waals surface area contributed by atoms with Crippen LogP contribution >= 0.6 is 0 Å². The molecule has 0 radical (unpaired) electrons. The van der Waals surface area contributed by atoms with E-state index in [1.165, 1.54) is 7.11 Å². The number of sulfone groups is 1. The van der Waals surface area contributed by atoms with Crippen molar-refractivity contribution in [3.8, 4) is 11.5 Å². The zero-order valence-electron chi connectivity index (χ0n) is 19.2. The van der Waals surface area contributed by atoms with E-state index in [1.54, 1.807) is 32.6 Å². The minimum atomic E-state index is -3.71. The Labute approximate surface area is 193 Å². The highest BCUT2D eigenvalue weighted by molar-refractivity contribution is 7.91. The molecule has 176 valence electrons. The maximum absolute atomic E-state index is 13.5. The Morgan fingerprint density at radius 2 is 1.85 bits per heavy atom. The van der Waals surface area contributed by atoms with Crippen LogP contribution in [0.1, 0.15) is 43.1 Å². The van der Waals surface area contributed by atoms with Crippen LogP contribution < -0.4 is 0 Å². The monoisotopic (exact) mass is 472 g/mol. The minimum absolute atomic E-state index is 0.300. The van der Waals surface area contributed by atoms with Crippen molar-refractivity contribution in [1.29, 1.82) is 0 Å². The van der Waals surface area contributed by atoms with Gasteiger partial charge in [-0.2, -0.15) is 0 Å². The lowest BCUT2D eigenvalue weighted by Crippen LogP contribution is -2.32. The summed E-state index contributed by atoms with van der Waals surface area (Å²) < 4.78 is 39.8. The molecule has 0 bridgehead atoms. The number of aromatic nitrogens is 6. The number of methoxy groups -OCH3 is 2. The molecule has 1 saturated carbocycles. The molecule has 3 aromatic rings. The molecule has 0 saturated heterocycles. The first-order valence-electron chi connectivity index (χ1n) is 10.7. The number of rotatable bonds is 10. The summed E-state index contributed by atoms with van der Waals surface area (Å²) in [7, 11) is -0.621. The fourth-order valence-electron chi connectivity index (χ4n) is 3.97. The van der Waals surface area contributed by atoms with Gasteiger partial charge in [-0.3, -0.25) is 4.98 Å². The van der Waals surface area contributed by atoms with Gasteiger partial charge in [-0.05, 0) is 44.4 Å². The second kappa shape index (κ2) is 9.24. The van der Waals surface area contributed by atoms with E-state index in [0.29, 0.717) is 29.8 Å². The predicted octanol–water partition coefficient (Wildman–Crippen LogP) is 2.27. The molecule has 33 heavy (non-hydrogen) atoms. The maximum Gasteiger partial charge on any atom is 0.183 e. The summed E-state index contributed by atoms with van der Waals surface area (Å²) in [5, 5.41) is 7.71. The Morgan fingerprint density at radius 3 is 2.42 bits per heavy atom. The molecule has 4 rings (SSSR count). The van der Waals surface area contributed by atoms with E-state index in [2.05, 4.69) is 25.1 Å². The highest BCUT2D eigenvalue weighted by Gasteiger charge is 2.48. The Kier molecular flexibility index (Phi) is 6.55. The van der Waals surface area contributed by atoms with Gasteiger partial charge in [0, 0.05) is 32.8 Å². The van der Waals surface area contributed by atoms with Crippen molar-refractivity contribution in [3.63, 3.8) is 0 Å². The average molecular weight is 473 g/mol. The zero-order valence-corrected chi connectivity index (χ0v) is 20.0. The van der Waals surface area contributed by atoms with Gasteiger partial charge in [-0.15, -0.1) is 10.2 Å².